The molecule has 46 heavy (non-hydrogen) atoms. The number of fused-ring (bicyclic) bond motifs is 2. The quantitative estimate of drug-likeness (QED) is 0.199. The van der Waals surface area contributed by atoms with Gasteiger partial charge in [-0.2, -0.15) is 0 Å². The fraction of sp³-hybridized carbons (Fsp3) is 0.257. The average molecular weight is 635 g/mol. The molecule has 10 nitrogen and oxygen atoms in total. The summed E-state index contributed by atoms with van der Waals surface area (Å²) in [4.78, 5) is 46.1. The fourth-order valence-electron chi connectivity index (χ4n) is 6.57. The lowest BCUT2D eigenvalue weighted by molar-refractivity contribution is -0.141. The van der Waals surface area contributed by atoms with E-state index in [0.717, 1.165) is 76.2 Å². The summed E-state index contributed by atoms with van der Waals surface area (Å²) < 4.78 is 5.33. The predicted octanol–water partition coefficient (Wildman–Crippen LogP) is 6.14. The lowest BCUT2D eigenvalue weighted by Crippen LogP contribution is -2.23. The van der Waals surface area contributed by atoms with Crippen molar-refractivity contribution in [3.63, 3.8) is 0 Å². The number of carbonyl (C=O) groups excluding carboxylic acids is 1. The van der Waals surface area contributed by atoms with Crippen LogP contribution in [0.25, 0.3) is 33.4 Å². The van der Waals surface area contributed by atoms with E-state index in [1.165, 1.54) is 7.11 Å². The van der Waals surface area contributed by atoms with E-state index in [4.69, 9.17) is 31.3 Å². The van der Waals surface area contributed by atoms with Crippen molar-refractivity contribution in [3.8, 4) is 28.3 Å². The van der Waals surface area contributed by atoms with Gasteiger partial charge in [0, 0.05) is 42.6 Å². The van der Waals surface area contributed by atoms with Crippen molar-refractivity contribution in [2.24, 2.45) is 5.92 Å². The van der Waals surface area contributed by atoms with Crippen LogP contribution in [0.3, 0.4) is 0 Å². The molecular weight excluding hydrogens is 604 g/mol. The summed E-state index contributed by atoms with van der Waals surface area (Å²) in [7, 11) is 1.49. The highest BCUT2D eigenvalue weighted by molar-refractivity contribution is 6.36. The number of carbonyl (C=O) groups is 2. The number of hydrogen-bond donors (Lipinski definition) is 1. The Morgan fingerprint density at radius 1 is 1.07 bits per heavy atom. The van der Waals surface area contributed by atoms with Gasteiger partial charge in [-0.3, -0.25) is 19.5 Å². The van der Waals surface area contributed by atoms with Crippen molar-refractivity contribution in [2.45, 2.75) is 26.3 Å². The minimum absolute atomic E-state index is 0.251. The van der Waals surface area contributed by atoms with Crippen molar-refractivity contribution in [1.29, 1.82) is 0 Å². The van der Waals surface area contributed by atoms with E-state index in [2.05, 4.69) is 26.9 Å². The van der Waals surface area contributed by atoms with Crippen LogP contribution in [0, 0.1) is 12.8 Å². The van der Waals surface area contributed by atoms with Crippen LogP contribution in [0.4, 0.5) is 11.5 Å². The second kappa shape index (κ2) is 12.1. The van der Waals surface area contributed by atoms with Crippen molar-refractivity contribution >= 4 is 46.4 Å². The molecule has 1 atom stereocenters. The predicted molar refractivity (Wildman–Crippen MR) is 176 cm³/mol. The maximum atomic E-state index is 11.4. The van der Waals surface area contributed by atoms with Gasteiger partial charge in [0.05, 0.1) is 34.8 Å². The molecule has 2 aliphatic heterocycles. The molecule has 0 saturated carbocycles. The number of ether oxygens (including phenoxy) is 1. The summed E-state index contributed by atoms with van der Waals surface area (Å²) >= 11 is 7.07. The Morgan fingerprint density at radius 3 is 2.65 bits per heavy atom. The molecule has 2 aliphatic rings. The Balaban J connectivity index is 1.23. The third kappa shape index (κ3) is 5.33. The number of hydrogen-bond acceptors (Lipinski definition) is 9. The number of aryl methyl sites for hydroxylation is 1. The summed E-state index contributed by atoms with van der Waals surface area (Å²) in [6.07, 6.45) is 4.01. The number of halogens is 1. The van der Waals surface area contributed by atoms with E-state index < -0.39 is 5.97 Å². The molecular formula is C35H31ClN6O4. The van der Waals surface area contributed by atoms with Gasteiger partial charge < -0.3 is 14.7 Å². The van der Waals surface area contributed by atoms with E-state index in [1.54, 1.807) is 12.1 Å². The first-order valence-corrected chi connectivity index (χ1v) is 15.5. The van der Waals surface area contributed by atoms with Crippen LogP contribution in [-0.2, 0) is 17.8 Å². The highest BCUT2D eigenvalue weighted by Gasteiger charge is 2.29. The molecule has 3 aromatic heterocycles. The van der Waals surface area contributed by atoms with Gasteiger partial charge in [-0.25, -0.2) is 15.0 Å². The van der Waals surface area contributed by atoms with Gasteiger partial charge in [0.2, 0.25) is 5.88 Å². The zero-order valence-corrected chi connectivity index (χ0v) is 26.2. The second-order valence-corrected chi connectivity index (χ2v) is 12.0. The van der Waals surface area contributed by atoms with Crippen LogP contribution in [0.1, 0.15) is 33.7 Å². The molecule has 7 rings (SSSR count). The number of aldehydes is 1. The molecule has 2 aromatic carbocycles. The lowest BCUT2D eigenvalue weighted by atomic mass is 9.95. The van der Waals surface area contributed by atoms with Crippen LogP contribution in [0.15, 0.2) is 60.8 Å². The summed E-state index contributed by atoms with van der Waals surface area (Å²) in [6.45, 7) is 4.52. The van der Waals surface area contributed by atoms with E-state index >= 15 is 0 Å². The van der Waals surface area contributed by atoms with Crippen LogP contribution in [0.2, 0.25) is 5.02 Å². The van der Waals surface area contributed by atoms with Gasteiger partial charge in [0.25, 0.3) is 0 Å². The number of aliphatic carboxylic acids is 1. The van der Waals surface area contributed by atoms with Gasteiger partial charge in [-0.15, -0.1) is 0 Å². The smallest absolute Gasteiger partial charge is 0.307 e. The first kappa shape index (κ1) is 29.8. The number of rotatable bonds is 8. The maximum absolute atomic E-state index is 11.4. The topological polar surface area (TPSA) is 122 Å². The summed E-state index contributed by atoms with van der Waals surface area (Å²) in [5.74, 6) is 0.596. The van der Waals surface area contributed by atoms with Crippen molar-refractivity contribution in [2.75, 3.05) is 31.6 Å². The van der Waals surface area contributed by atoms with E-state index in [1.807, 2.05) is 43.5 Å². The van der Waals surface area contributed by atoms with Gasteiger partial charge in [-0.05, 0) is 67.3 Å². The van der Waals surface area contributed by atoms with E-state index in [0.29, 0.717) is 41.6 Å². The van der Waals surface area contributed by atoms with Crippen LogP contribution < -0.4 is 9.64 Å². The number of likely N-dealkylation sites (tertiary alicyclic amines) is 1. The number of benzene rings is 2. The molecule has 0 aliphatic carbocycles. The third-order valence-corrected chi connectivity index (χ3v) is 9.18. The standard InChI is InChI=1S/C35H31ClN6O4/c1-20-38-29-15-21(17-41-13-11-22(18-41)35(44)45)16-37-32(29)33(39-20)42-14-12-25-24(5-4-8-30(25)42)26-6-3-7-27(31(26)36)28-10-9-23(19-43)34(40-28)46-2/h3-10,15-16,19,22H,11-14,17-18H2,1-2H3,(H,44,45)/t22-/m1/s1. The zero-order valence-electron chi connectivity index (χ0n) is 25.4. The molecule has 1 N–H and O–H groups in total. The van der Waals surface area contributed by atoms with Gasteiger partial charge in [-0.1, -0.05) is 41.9 Å². The molecule has 232 valence electrons. The highest BCUT2D eigenvalue weighted by atomic mass is 35.5. The summed E-state index contributed by atoms with van der Waals surface area (Å²) in [5, 5.41) is 9.94. The van der Waals surface area contributed by atoms with Crippen molar-refractivity contribution in [1.82, 2.24) is 24.8 Å². The Hall–Kier alpha value is -4.93. The van der Waals surface area contributed by atoms with Gasteiger partial charge >= 0.3 is 5.97 Å². The van der Waals surface area contributed by atoms with Crippen molar-refractivity contribution in [3.05, 3.63) is 88.3 Å². The molecule has 0 amide bonds. The number of anilines is 2. The normalized spacial score (nSPS) is 16.2. The molecule has 0 unspecified atom stereocenters. The number of carboxylic acids is 1. The Kier molecular flexibility index (Phi) is 7.84. The largest absolute Gasteiger partial charge is 0.481 e. The second-order valence-electron chi connectivity index (χ2n) is 11.6. The summed E-state index contributed by atoms with van der Waals surface area (Å²) in [5.41, 5.74) is 8.31. The van der Waals surface area contributed by atoms with Crippen LogP contribution in [0.5, 0.6) is 5.88 Å². The SMILES string of the molecule is COc1nc(-c2cccc(-c3cccc4c3CCN4c3nc(C)nc4cc(CN5CC[C@@H](C(=O)O)C5)cnc34)c2Cl)ccc1C=O. The molecule has 5 heterocycles. The van der Waals surface area contributed by atoms with E-state index in [9.17, 15) is 14.7 Å². The minimum Gasteiger partial charge on any atom is -0.481 e. The molecule has 0 radical (unpaired) electrons. The molecule has 1 saturated heterocycles. The molecule has 5 aromatic rings. The molecule has 1 fully saturated rings. The first-order chi connectivity index (χ1) is 22.3. The minimum atomic E-state index is -0.737. The van der Waals surface area contributed by atoms with Gasteiger partial charge in [0.1, 0.15) is 11.3 Å². The van der Waals surface area contributed by atoms with Crippen LogP contribution in [-0.4, -0.2) is 68.9 Å². The fourth-order valence-corrected chi connectivity index (χ4v) is 6.89. The molecule has 0 spiro atoms. The Morgan fingerprint density at radius 2 is 1.87 bits per heavy atom. The Bertz CT molecular complexity index is 2020. The molecule has 0 bridgehead atoms. The lowest BCUT2D eigenvalue weighted by Gasteiger charge is -2.21. The summed E-state index contributed by atoms with van der Waals surface area (Å²) in [6, 6.07) is 17.6. The zero-order chi connectivity index (χ0) is 31.9. The number of aromatic nitrogens is 4. The highest BCUT2D eigenvalue weighted by Crippen LogP contribution is 2.44. The third-order valence-electron chi connectivity index (χ3n) is 8.77. The van der Waals surface area contributed by atoms with E-state index in [-0.39, 0.29) is 11.8 Å². The van der Waals surface area contributed by atoms with Gasteiger partial charge in [0.15, 0.2) is 12.1 Å². The maximum Gasteiger partial charge on any atom is 0.307 e. The first-order valence-electron chi connectivity index (χ1n) is 15.1. The molecule has 11 heteroatoms. The Labute approximate surface area is 270 Å². The average Bonchev–Trinajstić information content (AvgIpc) is 3.72. The number of methoxy groups -OCH3 is 1. The number of pyridine rings is 2. The number of carboxylic acid groups (broad SMARTS) is 1. The number of nitrogens with zero attached hydrogens (tertiary/aromatic N) is 6. The monoisotopic (exact) mass is 634 g/mol. The van der Waals surface area contributed by atoms with Crippen molar-refractivity contribution < 1.29 is 19.4 Å². The van der Waals surface area contributed by atoms with Crippen LogP contribution >= 0.6 is 11.6 Å².